The SMILES string of the molecule is O=[N+]([O-])c1ccccc1N=c1scc(-c2ccccc2F)n1N=Cc1ccc[nH]1. The molecule has 1 N–H and O–H groups in total. The lowest BCUT2D eigenvalue weighted by Gasteiger charge is -2.04. The van der Waals surface area contributed by atoms with Gasteiger partial charge in [0.15, 0.2) is 0 Å². The topological polar surface area (TPSA) is 88.6 Å². The third kappa shape index (κ3) is 3.90. The van der Waals surface area contributed by atoms with Crippen molar-refractivity contribution in [3.8, 4) is 11.3 Å². The molecule has 2 aromatic carbocycles. The van der Waals surface area contributed by atoms with Crippen LogP contribution in [0.15, 0.2) is 82.3 Å². The molecule has 9 heteroatoms. The van der Waals surface area contributed by atoms with Crippen molar-refractivity contribution in [1.29, 1.82) is 0 Å². The van der Waals surface area contributed by atoms with Gasteiger partial charge in [-0.05, 0) is 30.3 Å². The Morgan fingerprint density at radius 2 is 1.90 bits per heavy atom. The van der Waals surface area contributed by atoms with Crippen molar-refractivity contribution in [3.05, 3.63) is 98.7 Å². The highest BCUT2D eigenvalue weighted by Crippen LogP contribution is 2.27. The summed E-state index contributed by atoms with van der Waals surface area (Å²) in [6.45, 7) is 0. The first-order valence-corrected chi connectivity index (χ1v) is 9.43. The van der Waals surface area contributed by atoms with E-state index in [1.54, 1.807) is 54.2 Å². The first-order chi connectivity index (χ1) is 14.1. The number of thiazole rings is 1. The minimum absolute atomic E-state index is 0.117. The second-order valence-corrected chi connectivity index (χ2v) is 6.76. The van der Waals surface area contributed by atoms with Gasteiger partial charge in [-0.25, -0.2) is 14.1 Å². The average Bonchev–Trinajstić information content (AvgIpc) is 3.37. The molecule has 2 aromatic heterocycles. The molecule has 0 bridgehead atoms. The number of aromatic nitrogens is 2. The van der Waals surface area contributed by atoms with Crippen molar-refractivity contribution in [1.82, 2.24) is 9.66 Å². The number of hydrogen-bond acceptors (Lipinski definition) is 5. The lowest BCUT2D eigenvalue weighted by molar-refractivity contribution is -0.384. The molecule has 4 aromatic rings. The lowest BCUT2D eigenvalue weighted by Crippen LogP contribution is -2.12. The van der Waals surface area contributed by atoms with Gasteiger partial charge in [0.05, 0.1) is 22.5 Å². The Balaban J connectivity index is 1.91. The number of rotatable bonds is 5. The molecule has 0 amide bonds. The summed E-state index contributed by atoms with van der Waals surface area (Å²) in [4.78, 5) is 18.6. The molecule has 2 heterocycles. The Labute approximate surface area is 168 Å². The van der Waals surface area contributed by atoms with Crippen LogP contribution in [0.1, 0.15) is 5.69 Å². The number of para-hydroxylation sites is 2. The van der Waals surface area contributed by atoms with Gasteiger partial charge in [-0.1, -0.05) is 24.3 Å². The fraction of sp³-hybridized carbons (Fsp3) is 0. The summed E-state index contributed by atoms with van der Waals surface area (Å²) in [5.41, 5.74) is 1.68. The number of hydrogen-bond donors (Lipinski definition) is 1. The highest BCUT2D eigenvalue weighted by atomic mass is 32.1. The molecule has 0 radical (unpaired) electrons. The van der Waals surface area contributed by atoms with E-state index in [0.29, 0.717) is 16.1 Å². The Hall–Kier alpha value is -3.85. The maximum absolute atomic E-state index is 14.4. The monoisotopic (exact) mass is 407 g/mol. The fourth-order valence-electron chi connectivity index (χ4n) is 2.70. The second kappa shape index (κ2) is 8.03. The van der Waals surface area contributed by atoms with Gasteiger partial charge in [-0.2, -0.15) is 5.10 Å². The number of halogens is 1. The van der Waals surface area contributed by atoms with Crippen LogP contribution in [-0.4, -0.2) is 20.8 Å². The zero-order chi connectivity index (χ0) is 20.2. The maximum atomic E-state index is 14.4. The third-order valence-electron chi connectivity index (χ3n) is 4.06. The fourth-order valence-corrected chi connectivity index (χ4v) is 3.54. The van der Waals surface area contributed by atoms with Crippen LogP contribution in [0.25, 0.3) is 11.3 Å². The molecule has 0 unspecified atom stereocenters. The number of nitro groups is 1. The van der Waals surface area contributed by atoms with Crippen LogP contribution in [0.4, 0.5) is 15.8 Å². The van der Waals surface area contributed by atoms with Crippen LogP contribution in [-0.2, 0) is 0 Å². The quantitative estimate of drug-likeness (QED) is 0.295. The summed E-state index contributed by atoms with van der Waals surface area (Å²) in [7, 11) is 0. The molecule has 0 aliphatic rings. The van der Waals surface area contributed by atoms with Gasteiger partial charge in [0.2, 0.25) is 4.80 Å². The Kier molecular flexibility index (Phi) is 5.12. The second-order valence-electron chi connectivity index (χ2n) is 5.92. The van der Waals surface area contributed by atoms with E-state index in [9.17, 15) is 14.5 Å². The highest BCUT2D eigenvalue weighted by molar-refractivity contribution is 7.07. The first-order valence-electron chi connectivity index (χ1n) is 8.55. The number of aromatic amines is 1. The minimum atomic E-state index is -0.489. The Morgan fingerprint density at radius 1 is 1.10 bits per heavy atom. The summed E-state index contributed by atoms with van der Waals surface area (Å²) >= 11 is 1.22. The van der Waals surface area contributed by atoms with Crippen molar-refractivity contribution in [2.24, 2.45) is 10.1 Å². The van der Waals surface area contributed by atoms with Gasteiger partial charge < -0.3 is 4.98 Å². The predicted molar refractivity (Wildman–Crippen MR) is 110 cm³/mol. The first kappa shape index (κ1) is 18.5. The predicted octanol–water partition coefficient (Wildman–Crippen LogP) is 4.71. The lowest BCUT2D eigenvalue weighted by atomic mass is 10.1. The van der Waals surface area contributed by atoms with E-state index in [1.165, 1.54) is 28.1 Å². The maximum Gasteiger partial charge on any atom is 0.294 e. The van der Waals surface area contributed by atoms with Crippen molar-refractivity contribution in [3.63, 3.8) is 0 Å². The van der Waals surface area contributed by atoms with Crippen LogP contribution in [0.5, 0.6) is 0 Å². The standard InChI is InChI=1S/C20H14FN5O2S/c21-16-8-2-1-7-15(16)19-13-29-20(25(19)23-12-14-6-5-11-22-14)24-17-9-3-4-10-18(17)26(27)28/h1-13,22H. The molecule has 4 rings (SSSR count). The summed E-state index contributed by atoms with van der Waals surface area (Å²) in [6, 6.07) is 16.2. The molecule has 0 aliphatic heterocycles. The van der Waals surface area contributed by atoms with Gasteiger partial charge in [0.1, 0.15) is 11.5 Å². The van der Waals surface area contributed by atoms with Gasteiger partial charge >= 0.3 is 0 Å². The summed E-state index contributed by atoms with van der Waals surface area (Å²) in [6.07, 6.45) is 3.34. The van der Waals surface area contributed by atoms with Crippen LogP contribution in [0, 0.1) is 15.9 Å². The molecular weight excluding hydrogens is 393 g/mol. The number of nitrogens with zero attached hydrogens (tertiary/aromatic N) is 4. The highest BCUT2D eigenvalue weighted by Gasteiger charge is 2.15. The number of nitro benzene ring substituents is 1. The molecule has 144 valence electrons. The number of H-pyrrole nitrogens is 1. The summed E-state index contributed by atoms with van der Waals surface area (Å²) < 4.78 is 15.9. The molecule has 0 saturated carbocycles. The molecule has 0 aliphatic carbocycles. The normalized spacial score (nSPS) is 12.0. The zero-order valence-electron chi connectivity index (χ0n) is 14.9. The average molecular weight is 407 g/mol. The van der Waals surface area contributed by atoms with Gasteiger partial charge in [-0.15, -0.1) is 11.3 Å². The molecule has 0 saturated heterocycles. The summed E-state index contributed by atoms with van der Waals surface area (Å²) in [5.74, 6) is -0.397. The van der Waals surface area contributed by atoms with Gasteiger partial charge in [-0.3, -0.25) is 10.1 Å². The van der Waals surface area contributed by atoms with E-state index < -0.39 is 10.7 Å². The molecule has 0 spiro atoms. The van der Waals surface area contributed by atoms with E-state index in [-0.39, 0.29) is 11.4 Å². The van der Waals surface area contributed by atoms with Crippen LogP contribution in [0.3, 0.4) is 0 Å². The molecular formula is C20H14FN5O2S. The summed E-state index contributed by atoms with van der Waals surface area (Å²) in [5, 5.41) is 17.5. The number of benzene rings is 2. The van der Waals surface area contributed by atoms with Crippen LogP contribution in [0.2, 0.25) is 0 Å². The van der Waals surface area contributed by atoms with Crippen molar-refractivity contribution < 1.29 is 9.31 Å². The van der Waals surface area contributed by atoms with Crippen molar-refractivity contribution in [2.45, 2.75) is 0 Å². The van der Waals surface area contributed by atoms with E-state index in [2.05, 4.69) is 15.1 Å². The Morgan fingerprint density at radius 3 is 2.66 bits per heavy atom. The van der Waals surface area contributed by atoms with E-state index in [0.717, 1.165) is 5.69 Å². The van der Waals surface area contributed by atoms with Gasteiger partial charge in [0, 0.05) is 23.2 Å². The largest absolute Gasteiger partial charge is 0.360 e. The van der Waals surface area contributed by atoms with Crippen LogP contribution < -0.4 is 4.80 Å². The van der Waals surface area contributed by atoms with Crippen molar-refractivity contribution >= 4 is 28.9 Å². The van der Waals surface area contributed by atoms with Crippen LogP contribution >= 0.6 is 11.3 Å². The molecule has 7 nitrogen and oxygen atoms in total. The molecule has 0 atom stereocenters. The third-order valence-corrected chi connectivity index (χ3v) is 4.88. The zero-order valence-corrected chi connectivity index (χ0v) is 15.7. The Bertz CT molecular complexity index is 1260. The van der Waals surface area contributed by atoms with Crippen molar-refractivity contribution in [2.75, 3.05) is 0 Å². The van der Waals surface area contributed by atoms with E-state index >= 15 is 0 Å². The minimum Gasteiger partial charge on any atom is -0.360 e. The smallest absolute Gasteiger partial charge is 0.294 e. The van der Waals surface area contributed by atoms with E-state index in [4.69, 9.17) is 0 Å². The van der Waals surface area contributed by atoms with Gasteiger partial charge in [0.25, 0.3) is 5.69 Å². The number of nitrogens with one attached hydrogen (secondary N) is 1. The molecule has 0 fully saturated rings. The molecule has 29 heavy (non-hydrogen) atoms. The van der Waals surface area contributed by atoms with E-state index in [1.807, 2.05) is 12.1 Å².